The van der Waals surface area contributed by atoms with Crippen molar-refractivity contribution in [1.29, 1.82) is 0 Å². The summed E-state index contributed by atoms with van der Waals surface area (Å²) in [6.07, 6.45) is 1.91. The van der Waals surface area contributed by atoms with Crippen molar-refractivity contribution in [2.75, 3.05) is 26.2 Å². The van der Waals surface area contributed by atoms with Crippen molar-refractivity contribution in [2.24, 2.45) is 0 Å². The number of carbonyl (C=O) groups is 1. The predicted molar refractivity (Wildman–Crippen MR) is 118 cm³/mol. The van der Waals surface area contributed by atoms with Crippen LogP contribution in [0.25, 0.3) is 0 Å². The first-order chi connectivity index (χ1) is 14.0. The first kappa shape index (κ1) is 22.7. The Morgan fingerprint density at radius 2 is 1.93 bits per heavy atom. The lowest BCUT2D eigenvalue weighted by Crippen LogP contribution is -2.48. The van der Waals surface area contributed by atoms with Gasteiger partial charge in [-0.05, 0) is 64.8 Å². The number of nitrogens with zero attached hydrogens (tertiary/aromatic N) is 4. The van der Waals surface area contributed by atoms with E-state index in [4.69, 9.17) is 4.74 Å². The molecule has 2 saturated heterocycles. The number of halogens is 1. The van der Waals surface area contributed by atoms with E-state index in [0.717, 1.165) is 37.2 Å². The molecule has 0 radical (unpaired) electrons. The monoisotopic (exact) mass is 433 g/mol. The summed E-state index contributed by atoms with van der Waals surface area (Å²) in [6.45, 7) is 11.2. The van der Waals surface area contributed by atoms with Crippen molar-refractivity contribution < 1.29 is 9.53 Å². The Kier molecular flexibility index (Phi) is 7.16. The number of piperidine rings is 1. The molecule has 8 heteroatoms. The molecule has 1 N–H and O–H groups in total. The van der Waals surface area contributed by atoms with Crippen molar-refractivity contribution in [2.45, 2.75) is 58.7 Å². The summed E-state index contributed by atoms with van der Waals surface area (Å²) in [6, 6.07) is 6.71. The summed E-state index contributed by atoms with van der Waals surface area (Å²) in [5.74, 6) is -0.0474. The van der Waals surface area contributed by atoms with Gasteiger partial charge < -0.3 is 15.0 Å². The molecule has 0 bridgehead atoms. The van der Waals surface area contributed by atoms with E-state index in [1.807, 2.05) is 23.4 Å². The number of aromatic nitrogens is 3. The van der Waals surface area contributed by atoms with E-state index in [0.29, 0.717) is 24.9 Å². The first-order valence-electron chi connectivity index (χ1n) is 10.6. The van der Waals surface area contributed by atoms with Crippen molar-refractivity contribution in [3.63, 3.8) is 0 Å². The highest BCUT2D eigenvalue weighted by Crippen LogP contribution is 2.29. The molecule has 3 heterocycles. The van der Waals surface area contributed by atoms with Gasteiger partial charge in [-0.25, -0.2) is 4.68 Å². The molecule has 2 aromatic rings. The summed E-state index contributed by atoms with van der Waals surface area (Å²) in [4.78, 5) is 15.3. The van der Waals surface area contributed by atoms with Crippen molar-refractivity contribution in [3.8, 4) is 0 Å². The van der Waals surface area contributed by atoms with Crippen LogP contribution in [0, 0.1) is 20.8 Å². The lowest BCUT2D eigenvalue weighted by atomic mass is 9.98. The number of morpholine rings is 1. The molecule has 2 atom stereocenters. The molecule has 7 nitrogen and oxygen atoms in total. The summed E-state index contributed by atoms with van der Waals surface area (Å²) >= 11 is 0. The average molecular weight is 434 g/mol. The van der Waals surface area contributed by atoms with Crippen molar-refractivity contribution in [3.05, 3.63) is 46.3 Å². The van der Waals surface area contributed by atoms with Gasteiger partial charge in [0, 0.05) is 0 Å². The molecule has 0 saturated carbocycles. The molecular formula is C22H32ClN5O2. The summed E-state index contributed by atoms with van der Waals surface area (Å²) < 4.78 is 8.06. The van der Waals surface area contributed by atoms with E-state index in [1.54, 1.807) is 0 Å². The lowest BCUT2D eigenvalue weighted by molar-refractivity contribution is -0.0491. The maximum absolute atomic E-state index is 13.4. The highest BCUT2D eigenvalue weighted by molar-refractivity contribution is 5.93. The predicted octanol–water partition coefficient (Wildman–Crippen LogP) is 3.15. The molecule has 0 aliphatic carbocycles. The van der Waals surface area contributed by atoms with E-state index in [1.165, 1.54) is 11.1 Å². The molecule has 4 rings (SSSR count). The van der Waals surface area contributed by atoms with Crippen LogP contribution in [0.15, 0.2) is 18.2 Å². The number of hydrogen-bond donors (Lipinski definition) is 1. The Bertz CT molecular complexity index is 894. The van der Waals surface area contributed by atoms with Crippen LogP contribution >= 0.6 is 12.4 Å². The standard InChI is InChI=1S/C22H31N5O2.ClH/c1-14-5-6-15(2)19(11-14)20-12-26(16(3)13-29-20)22(28)21-17(4)27(25-24-21)18-7-9-23-10-8-18;/h5-6,11,16,18,20,23H,7-10,12-13H2,1-4H3;1H. The minimum atomic E-state index is -0.116. The molecule has 1 aromatic heterocycles. The van der Waals surface area contributed by atoms with Gasteiger partial charge in [-0.3, -0.25) is 4.79 Å². The first-order valence-corrected chi connectivity index (χ1v) is 10.6. The highest BCUT2D eigenvalue weighted by Gasteiger charge is 2.34. The lowest BCUT2D eigenvalue weighted by Gasteiger charge is -2.38. The van der Waals surface area contributed by atoms with E-state index < -0.39 is 0 Å². The third-order valence-corrected chi connectivity index (χ3v) is 6.26. The molecule has 2 fully saturated rings. The third kappa shape index (κ3) is 4.38. The van der Waals surface area contributed by atoms with Gasteiger partial charge in [0.1, 0.15) is 6.10 Å². The minimum Gasteiger partial charge on any atom is -0.370 e. The fourth-order valence-corrected chi connectivity index (χ4v) is 4.41. The third-order valence-electron chi connectivity index (χ3n) is 6.26. The second-order valence-electron chi connectivity index (χ2n) is 8.44. The zero-order valence-corrected chi connectivity index (χ0v) is 19.0. The Hall–Kier alpha value is -1.96. The number of nitrogens with one attached hydrogen (secondary N) is 1. The van der Waals surface area contributed by atoms with Crippen LogP contribution in [0.1, 0.15) is 64.8 Å². The second-order valence-corrected chi connectivity index (χ2v) is 8.44. The van der Waals surface area contributed by atoms with Gasteiger partial charge in [-0.2, -0.15) is 0 Å². The van der Waals surface area contributed by atoms with E-state index in [2.05, 4.69) is 47.7 Å². The van der Waals surface area contributed by atoms with Gasteiger partial charge in [0.15, 0.2) is 5.69 Å². The molecule has 2 aliphatic heterocycles. The van der Waals surface area contributed by atoms with Crippen LogP contribution in [0.2, 0.25) is 0 Å². The number of amides is 1. The normalized spacial score (nSPS) is 22.6. The molecule has 30 heavy (non-hydrogen) atoms. The van der Waals surface area contributed by atoms with Crippen LogP contribution in [0.4, 0.5) is 0 Å². The van der Waals surface area contributed by atoms with Crippen molar-refractivity contribution in [1.82, 2.24) is 25.2 Å². The summed E-state index contributed by atoms with van der Waals surface area (Å²) in [5, 5.41) is 12.0. The number of rotatable bonds is 3. The number of ether oxygens (including phenoxy) is 1. The van der Waals surface area contributed by atoms with Gasteiger partial charge in [-0.1, -0.05) is 29.0 Å². The molecule has 2 aliphatic rings. The number of carbonyl (C=O) groups excluding carboxylic acids is 1. The van der Waals surface area contributed by atoms with Crippen molar-refractivity contribution >= 4 is 18.3 Å². The maximum Gasteiger partial charge on any atom is 0.276 e. The topological polar surface area (TPSA) is 72.3 Å². The van der Waals surface area contributed by atoms with Crippen LogP contribution in [-0.4, -0.2) is 58.1 Å². The molecule has 2 unspecified atom stereocenters. The van der Waals surface area contributed by atoms with Crippen LogP contribution in [-0.2, 0) is 4.74 Å². The maximum atomic E-state index is 13.4. The Morgan fingerprint density at radius 3 is 2.67 bits per heavy atom. The van der Waals surface area contributed by atoms with Gasteiger partial charge in [0.2, 0.25) is 0 Å². The smallest absolute Gasteiger partial charge is 0.276 e. The van der Waals surface area contributed by atoms with Crippen LogP contribution in [0.5, 0.6) is 0 Å². The van der Waals surface area contributed by atoms with E-state index in [-0.39, 0.29) is 30.5 Å². The highest BCUT2D eigenvalue weighted by atomic mass is 35.5. The molecule has 0 spiro atoms. The van der Waals surface area contributed by atoms with Gasteiger partial charge in [-0.15, -0.1) is 17.5 Å². The molecule has 164 valence electrons. The van der Waals surface area contributed by atoms with Gasteiger partial charge in [0.05, 0.1) is 30.9 Å². The molecule has 1 amide bonds. The summed E-state index contributed by atoms with van der Waals surface area (Å²) in [7, 11) is 0. The second kappa shape index (κ2) is 9.45. The fraction of sp³-hybridized carbons (Fsp3) is 0.591. The molecular weight excluding hydrogens is 402 g/mol. The number of aryl methyl sites for hydroxylation is 2. The SMILES string of the molecule is Cc1ccc(C)c(C2CN(C(=O)c3nnn(C4CCNCC4)c3C)C(C)CO2)c1.Cl. The Labute approximate surface area is 184 Å². The van der Waals surface area contributed by atoms with E-state index in [9.17, 15) is 4.79 Å². The quantitative estimate of drug-likeness (QED) is 0.804. The van der Waals surface area contributed by atoms with E-state index >= 15 is 0 Å². The minimum absolute atomic E-state index is 0. The Morgan fingerprint density at radius 1 is 1.20 bits per heavy atom. The van der Waals surface area contributed by atoms with Gasteiger partial charge in [0.25, 0.3) is 5.91 Å². The Balaban J connectivity index is 0.00000256. The number of benzene rings is 1. The fourth-order valence-electron chi connectivity index (χ4n) is 4.41. The number of hydrogen-bond acceptors (Lipinski definition) is 5. The summed E-state index contributed by atoms with van der Waals surface area (Å²) in [5.41, 5.74) is 4.88. The zero-order valence-electron chi connectivity index (χ0n) is 18.2. The zero-order chi connectivity index (χ0) is 20.5. The van der Waals surface area contributed by atoms with Crippen LogP contribution in [0.3, 0.4) is 0 Å². The average Bonchev–Trinajstić information content (AvgIpc) is 3.12. The largest absolute Gasteiger partial charge is 0.370 e. The molecule has 1 aromatic carbocycles. The van der Waals surface area contributed by atoms with Crippen LogP contribution < -0.4 is 5.32 Å². The van der Waals surface area contributed by atoms with Gasteiger partial charge >= 0.3 is 0 Å².